The quantitative estimate of drug-likeness (QED) is 0.704. The van der Waals surface area contributed by atoms with Gasteiger partial charge in [0.2, 0.25) is 0 Å². The van der Waals surface area contributed by atoms with Crippen LogP contribution >= 0.6 is 12.4 Å². The summed E-state index contributed by atoms with van der Waals surface area (Å²) < 4.78 is 0. The molecule has 3 amide bonds. The molecule has 1 fully saturated rings. The van der Waals surface area contributed by atoms with Crippen LogP contribution in [0.1, 0.15) is 20.8 Å². The zero-order valence-corrected chi connectivity index (χ0v) is 12.3. The molecule has 19 heavy (non-hydrogen) atoms. The molecule has 0 aliphatic carbocycles. The summed E-state index contributed by atoms with van der Waals surface area (Å²) in [6, 6.07) is -1.08. The lowest BCUT2D eigenvalue weighted by molar-refractivity contribution is -0.142. The van der Waals surface area contributed by atoms with E-state index in [4.69, 9.17) is 5.11 Å². The maximum atomic E-state index is 11.9. The van der Waals surface area contributed by atoms with Crippen molar-refractivity contribution in [2.75, 3.05) is 20.1 Å². The Morgan fingerprint density at radius 2 is 2.00 bits per heavy atom. The number of hydrogen-bond acceptors (Lipinski definition) is 4. The van der Waals surface area contributed by atoms with Gasteiger partial charge >= 0.3 is 12.0 Å². The predicted molar refractivity (Wildman–Crippen MR) is 71.3 cm³/mol. The third-order valence-corrected chi connectivity index (χ3v) is 3.14. The number of likely N-dealkylation sites (N-methyl/N-ethyl adjacent to an activating group) is 1. The Morgan fingerprint density at radius 1 is 1.47 bits per heavy atom. The number of imide groups is 1. The Kier molecular flexibility index (Phi) is 5.77. The molecule has 1 unspecified atom stereocenters. The van der Waals surface area contributed by atoms with Crippen molar-refractivity contribution < 1.29 is 19.5 Å². The second-order valence-electron chi connectivity index (χ2n) is 5.01. The van der Waals surface area contributed by atoms with E-state index < -0.39 is 23.6 Å². The summed E-state index contributed by atoms with van der Waals surface area (Å²) in [5, 5.41) is 11.4. The number of nitrogens with one attached hydrogen (secondary N) is 1. The van der Waals surface area contributed by atoms with Gasteiger partial charge in [-0.2, -0.15) is 0 Å². The molecule has 8 heteroatoms. The molecular weight excluding hydrogens is 274 g/mol. The van der Waals surface area contributed by atoms with Crippen molar-refractivity contribution >= 4 is 30.3 Å². The molecule has 2 N–H and O–H groups in total. The number of carbonyl (C=O) groups is 3. The molecule has 0 aromatic carbocycles. The minimum atomic E-state index is -0.935. The number of nitrogens with zero attached hydrogens (tertiary/aromatic N) is 2. The monoisotopic (exact) mass is 293 g/mol. The first kappa shape index (κ1) is 17.7. The Balaban J connectivity index is 0.00000324. The van der Waals surface area contributed by atoms with E-state index in [1.165, 1.54) is 0 Å². The first-order chi connectivity index (χ1) is 8.16. The molecule has 1 aliphatic heterocycles. The van der Waals surface area contributed by atoms with Crippen molar-refractivity contribution in [3.8, 4) is 0 Å². The first-order valence-electron chi connectivity index (χ1n) is 5.74. The van der Waals surface area contributed by atoms with Crippen molar-refractivity contribution in [1.29, 1.82) is 0 Å². The molecular formula is C11H20ClN3O4. The fourth-order valence-corrected chi connectivity index (χ4v) is 1.66. The molecule has 0 bridgehead atoms. The summed E-state index contributed by atoms with van der Waals surface area (Å²) in [6.45, 7) is 5.33. The molecule has 0 saturated carbocycles. The number of halogens is 1. The second-order valence-corrected chi connectivity index (χ2v) is 5.01. The molecule has 0 aromatic rings. The summed E-state index contributed by atoms with van der Waals surface area (Å²) in [5.74, 6) is -1.22. The van der Waals surface area contributed by atoms with Crippen LogP contribution in [0, 0.1) is 0 Å². The Hall–Kier alpha value is -1.34. The summed E-state index contributed by atoms with van der Waals surface area (Å²) >= 11 is 0. The van der Waals surface area contributed by atoms with Crippen LogP contribution in [0.25, 0.3) is 0 Å². The highest BCUT2D eigenvalue weighted by molar-refractivity contribution is 6.06. The van der Waals surface area contributed by atoms with Crippen LogP contribution in [0.2, 0.25) is 0 Å². The van der Waals surface area contributed by atoms with E-state index in [1.807, 2.05) is 0 Å². The minimum Gasteiger partial charge on any atom is -0.480 e. The lowest BCUT2D eigenvalue weighted by Gasteiger charge is -2.23. The lowest BCUT2D eigenvalue weighted by atomic mass is 10.1. The van der Waals surface area contributed by atoms with E-state index in [0.717, 1.165) is 4.90 Å². The van der Waals surface area contributed by atoms with Crippen LogP contribution in [-0.4, -0.2) is 64.5 Å². The zero-order chi connectivity index (χ0) is 14.1. The van der Waals surface area contributed by atoms with Crippen LogP contribution in [0.5, 0.6) is 0 Å². The first-order valence-corrected chi connectivity index (χ1v) is 5.74. The van der Waals surface area contributed by atoms with Gasteiger partial charge in [0.15, 0.2) is 0 Å². The molecule has 110 valence electrons. The van der Waals surface area contributed by atoms with Gasteiger partial charge < -0.3 is 10.4 Å². The van der Waals surface area contributed by atoms with E-state index in [1.54, 1.807) is 32.7 Å². The summed E-state index contributed by atoms with van der Waals surface area (Å²) in [5.41, 5.74) is -0.881. The minimum absolute atomic E-state index is 0. The molecule has 1 rings (SSSR count). The lowest BCUT2D eigenvalue weighted by Crippen LogP contribution is -2.44. The number of rotatable bonds is 5. The number of aliphatic carboxylic acids is 1. The van der Waals surface area contributed by atoms with Gasteiger partial charge in [-0.1, -0.05) is 0 Å². The van der Waals surface area contributed by atoms with E-state index in [2.05, 4.69) is 5.32 Å². The van der Waals surface area contributed by atoms with Crippen LogP contribution in [0.15, 0.2) is 0 Å². The molecule has 1 saturated heterocycles. The maximum Gasteiger partial charge on any atom is 0.325 e. The number of carboxylic acids is 1. The van der Waals surface area contributed by atoms with E-state index >= 15 is 0 Å². The summed E-state index contributed by atoms with van der Waals surface area (Å²) in [7, 11) is 1.64. The average Bonchev–Trinajstić information content (AvgIpc) is 2.44. The van der Waals surface area contributed by atoms with Crippen LogP contribution in [0.4, 0.5) is 4.79 Å². The average molecular weight is 294 g/mol. The number of hydrogen-bond donors (Lipinski definition) is 2. The van der Waals surface area contributed by atoms with Crippen molar-refractivity contribution in [1.82, 2.24) is 15.1 Å². The molecule has 1 atom stereocenters. The third-order valence-electron chi connectivity index (χ3n) is 3.14. The Morgan fingerprint density at radius 3 is 2.37 bits per heavy atom. The highest BCUT2D eigenvalue weighted by atomic mass is 35.5. The van der Waals surface area contributed by atoms with Crippen LogP contribution in [0.3, 0.4) is 0 Å². The molecule has 0 spiro atoms. The molecule has 0 aromatic heterocycles. The van der Waals surface area contributed by atoms with Crippen molar-refractivity contribution in [3.63, 3.8) is 0 Å². The van der Waals surface area contributed by atoms with E-state index in [0.29, 0.717) is 6.54 Å². The fraction of sp³-hybridized carbons (Fsp3) is 0.727. The van der Waals surface area contributed by atoms with Crippen LogP contribution < -0.4 is 5.32 Å². The molecule has 1 aliphatic rings. The fourth-order valence-electron chi connectivity index (χ4n) is 1.66. The number of amides is 3. The third kappa shape index (κ3) is 3.81. The standard InChI is InChI=1S/C11H19N3O4.ClH/c1-7(8(15)16)13(4)5-6-14-9(17)11(2,3)12-10(14)18;/h7H,5-6H2,1-4H3,(H,12,18)(H,15,16);1H. The van der Waals surface area contributed by atoms with Gasteiger partial charge in [-0.3, -0.25) is 19.4 Å². The van der Waals surface area contributed by atoms with E-state index in [-0.39, 0.29) is 24.9 Å². The number of urea groups is 1. The molecule has 7 nitrogen and oxygen atoms in total. The smallest absolute Gasteiger partial charge is 0.325 e. The summed E-state index contributed by atoms with van der Waals surface area (Å²) in [6.07, 6.45) is 0. The van der Waals surface area contributed by atoms with Crippen molar-refractivity contribution in [2.45, 2.75) is 32.4 Å². The van der Waals surface area contributed by atoms with Gasteiger partial charge in [0.05, 0.1) is 0 Å². The second kappa shape index (κ2) is 6.21. The molecule has 1 heterocycles. The van der Waals surface area contributed by atoms with Gasteiger partial charge in [0.1, 0.15) is 11.6 Å². The number of carbonyl (C=O) groups excluding carboxylic acids is 2. The zero-order valence-electron chi connectivity index (χ0n) is 11.5. The van der Waals surface area contributed by atoms with Gasteiger partial charge in [0.25, 0.3) is 5.91 Å². The van der Waals surface area contributed by atoms with Gasteiger partial charge in [0, 0.05) is 13.1 Å². The Bertz CT molecular complexity index is 386. The topological polar surface area (TPSA) is 89.9 Å². The largest absolute Gasteiger partial charge is 0.480 e. The normalized spacial score (nSPS) is 19.1. The SMILES string of the molecule is CC(C(=O)O)N(C)CCN1C(=O)NC(C)(C)C1=O.Cl. The van der Waals surface area contributed by atoms with Crippen molar-refractivity contribution in [3.05, 3.63) is 0 Å². The van der Waals surface area contributed by atoms with Gasteiger partial charge in [-0.15, -0.1) is 12.4 Å². The highest BCUT2D eigenvalue weighted by Gasteiger charge is 2.43. The van der Waals surface area contributed by atoms with Gasteiger partial charge in [-0.05, 0) is 27.8 Å². The highest BCUT2D eigenvalue weighted by Crippen LogP contribution is 2.16. The Labute approximate surface area is 118 Å². The predicted octanol–water partition coefficient (Wildman–Crippen LogP) is 0.144. The molecule has 0 radical (unpaired) electrons. The van der Waals surface area contributed by atoms with Gasteiger partial charge in [-0.25, -0.2) is 4.79 Å². The maximum absolute atomic E-state index is 11.9. The van der Waals surface area contributed by atoms with E-state index in [9.17, 15) is 14.4 Å². The van der Waals surface area contributed by atoms with Crippen molar-refractivity contribution in [2.24, 2.45) is 0 Å². The van der Waals surface area contributed by atoms with Crippen LogP contribution in [-0.2, 0) is 9.59 Å². The number of carboxylic acid groups (broad SMARTS) is 1. The summed E-state index contributed by atoms with van der Waals surface area (Å²) in [4.78, 5) is 36.9.